The van der Waals surface area contributed by atoms with Gasteiger partial charge >= 0.3 is 5.97 Å². The predicted octanol–water partition coefficient (Wildman–Crippen LogP) is 7.32. The second kappa shape index (κ2) is 14.8. The molecule has 24 heavy (non-hydrogen) atoms. The highest BCUT2D eigenvalue weighted by atomic mass is 16.4. The van der Waals surface area contributed by atoms with Gasteiger partial charge in [0.15, 0.2) is 0 Å². The molecule has 0 fully saturated rings. The number of hydrogen-bond acceptors (Lipinski definition) is 1. The molecule has 0 bridgehead atoms. The zero-order valence-electron chi connectivity index (χ0n) is 17.2. The molecule has 0 radical (unpaired) electrons. The first-order valence-electron chi connectivity index (χ1n) is 10.6. The van der Waals surface area contributed by atoms with Crippen LogP contribution in [0.15, 0.2) is 0 Å². The second-order valence-electron chi connectivity index (χ2n) is 8.22. The van der Waals surface area contributed by atoms with E-state index < -0.39 is 5.97 Å². The van der Waals surface area contributed by atoms with Crippen molar-refractivity contribution in [1.29, 1.82) is 0 Å². The predicted molar refractivity (Wildman–Crippen MR) is 105 cm³/mol. The number of carboxylic acid groups (broad SMARTS) is 1. The molecule has 0 saturated carbocycles. The number of carboxylic acids is 1. The first kappa shape index (κ1) is 23.5. The van der Waals surface area contributed by atoms with E-state index in [0.717, 1.165) is 36.5 Å². The van der Waals surface area contributed by atoms with Gasteiger partial charge in [-0.1, -0.05) is 98.8 Å². The fourth-order valence-corrected chi connectivity index (χ4v) is 3.73. The van der Waals surface area contributed by atoms with Gasteiger partial charge < -0.3 is 5.11 Å². The molecule has 144 valence electrons. The SMILES string of the molecule is CCCCCCCCC(C)C(C)C(C)C(C)CCCCCC(=O)O. The maximum Gasteiger partial charge on any atom is 0.303 e. The second-order valence-corrected chi connectivity index (χ2v) is 8.22. The van der Waals surface area contributed by atoms with Crippen LogP contribution < -0.4 is 0 Å². The Hall–Kier alpha value is -0.530. The van der Waals surface area contributed by atoms with Crippen LogP contribution in [-0.4, -0.2) is 11.1 Å². The Morgan fingerprint density at radius 1 is 0.708 bits per heavy atom. The van der Waals surface area contributed by atoms with Gasteiger partial charge in [0.1, 0.15) is 0 Å². The molecule has 0 amide bonds. The third-order valence-corrected chi connectivity index (χ3v) is 6.19. The average Bonchev–Trinajstić information content (AvgIpc) is 2.55. The first-order chi connectivity index (χ1) is 11.4. The largest absolute Gasteiger partial charge is 0.481 e. The minimum Gasteiger partial charge on any atom is -0.481 e. The Bertz CT molecular complexity index is 300. The van der Waals surface area contributed by atoms with Crippen LogP contribution in [0.25, 0.3) is 0 Å². The lowest BCUT2D eigenvalue weighted by Crippen LogP contribution is -2.22. The maximum absolute atomic E-state index is 10.5. The van der Waals surface area contributed by atoms with E-state index in [9.17, 15) is 4.79 Å². The van der Waals surface area contributed by atoms with Crippen LogP contribution in [0, 0.1) is 23.7 Å². The molecule has 0 heterocycles. The minimum atomic E-state index is -0.659. The van der Waals surface area contributed by atoms with Crippen molar-refractivity contribution in [2.45, 2.75) is 112 Å². The molecule has 0 aliphatic carbocycles. The van der Waals surface area contributed by atoms with Crippen molar-refractivity contribution in [3.63, 3.8) is 0 Å². The molecule has 0 aromatic carbocycles. The molecule has 0 aliphatic heterocycles. The normalized spacial score (nSPS) is 16.5. The zero-order chi connectivity index (χ0) is 18.4. The Morgan fingerprint density at radius 2 is 1.12 bits per heavy atom. The van der Waals surface area contributed by atoms with E-state index in [1.807, 2.05) is 0 Å². The van der Waals surface area contributed by atoms with Gasteiger partial charge in [0.25, 0.3) is 0 Å². The van der Waals surface area contributed by atoms with Gasteiger partial charge in [-0.3, -0.25) is 4.79 Å². The van der Waals surface area contributed by atoms with Gasteiger partial charge in [0.05, 0.1) is 0 Å². The lowest BCUT2D eigenvalue weighted by atomic mass is 9.75. The van der Waals surface area contributed by atoms with Gasteiger partial charge in [-0.15, -0.1) is 0 Å². The van der Waals surface area contributed by atoms with Crippen LogP contribution in [0.3, 0.4) is 0 Å². The summed E-state index contributed by atoms with van der Waals surface area (Å²) in [5, 5.41) is 8.68. The van der Waals surface area contributed by atoms with Crippen LogP contribution in [0.2, 0.25) is 0 Å². The number of hydrogen-bond donors (Lipinski definition) is 1. The van der Waals surface area contributed by atoms with E-state index in [1.54, 1.807) is 0 Å². The molecule has 0 spiro atoms. The third-order valence-electron chi connectivity index (χ3n) is 6.19. The summed E-state index contributed by atoms with van der Waals surface area (Å²) in [7, 11) is 0. The summed E-state index contributed by atoms with van der Waals surface area (Å²) < 4.78 is 0. The Labute approximate surface area is 151 Å². The van der Waals surface area contributed by atoms with Crippen molar-refractivity contribution in [2.75, 3.05) is 0 Å². The standard InChI is InChI=1S/C22H44O2/c1-6-7-8-9-10-12-15-18(2)20(4)21(5)19(3)16-13-11-14-17-22(23)24/h18-21H,6-17H2,1-5H3,(H,23,24). The van der Waals surface area contributed by atoms with Crippen molar-refractivity contribution in [1.82, 2.24) is 0 Å². The van der Waals surface area contributed by atoms with Gasteiger partial charge in [-0.25, -0.2) is 0 Å². The summed E-state index contributed by atoms with van der Waals surface area (Å²) in [5.74, 6) is 2.46. The summed E-state index contributed by atoms with van der Waals surface area (Å²) in [6.07, 6.45) is 14.4. The fraction of sp³-hybridized carbons (Fsp3) is 0.955. The summed E-state index contributed by atoms with van der Waals surface area (Å²) in [6.45, 7) is 12.0. The molecule has 0 aromatic rings. The van der Waals surface area contributed by atoms with E-state index >= 15 is 0 Å². The van der Waals surface area contributed by atoms with E-state index in [1.165, 1.54) is 57.8 Å². The Balaban J connectivity index is 3.84. The molecule has 0 rings (SSSR count). The van der Waals surface area contributed by atoms with Crippen molar-refractivity contribution in [3.8, 4) is 0 Å². The molecule has 4 atom stereocenters. The summed E-state index contributed by atoms with van der Waals surface area (Å²) in [4.78, 5) is 10.5. The van der Waals surface area contributed by atoms with Crippen molar-refractivity contribution in [3.05, 3.63) is 0 Å². The average molecular weight is 341 g/mol. The molecule has 2 nitrogen and oxygen atoms in total. The lowest BCUT2D eigenvalue weighted by Gasteiger charge is -2.31. The molecular weight excluding hydrogens is 296 g/mol. The van der Waals surface area contributed by atoms with Gasteiger partial charge in [-0.05, 0) is 30.1 Å². The summed E-state index contributed by atoms with van der Waals surface area (Å²) in [5.41, 5.74) is 0. The number of carbonyl (C=O) groups is 1. The monoisotopic (exact) mass is 340 g/mol. The van der Waals surface area contributed by atoms with Crippen molar-refractivity contribution in [2.24, 2.45) is 23.7 Å². The molecule has 4 unspecified atom stereocenters. The van der Waals surface area contributed by atoms with E-state index in [-0.39, 0.29) is 0 Å². The van der Waals surface area contributed by atoms with E-state index in [0.29, 0.717) is 6.42 Å². The number of aliphatic carboxylic acids is 1. The highest BCUT2D eigenvalue weighted by Gasteiger charge is 2.23. The summed E-state index contributed by atoms with van der Waals surface area (Å²) >= 11 is 0. The molecule has 2 heteroatoms. The molecular formula is C22H44O2. The van der Waals surface area contributed by atoms with Gasteiger partial charge in [0, 0.05) is 6.42 Å². The fourth-order valence-electron chi connectivity index (χ4n) is 3.73. The topological polar surface area (TPSA) is 37.3 Å². The Morgan fingerprint density at radius 3 is 1.58 bits per heavy atom. The van der Waals surface area contributed by atoms with Crippen LogP contribution >= 0.6 is 0 Å². The molecule has 0 aromatic heterocycles. The van der Waals surface area contributed by atoms with Crippen molar-refractivity contribution < 1.29 is 9.90 Å². The highest BCUT2D eigenvalue weighted by Crippen LogP contribution is 2.32. The van der Waals surface area contributed by atoms with Crippen LogP contribution in [0.5, 0.6) is 0 Å². The molecule has 0 aliphatic rings. The number of unbranched alkanes of at least 4 members (excludes halogenated alkanes) is 7. The van der Waals surface area contributed by atoms with E-state index in [2.05, 4.69) is 34.6 Å². The first-order valence-corrected chi connectivity index (χ1v) is 10.6. The Kier molecular flexibility index (Phi) is 14.5. The third kappa shape index (κ3) is 11.9. The lowest BCUT2D eigenvalue weighted by molar-refractivity contribution is -0.137. The van der Waals surface area contributed by atoms with Crippen LogP contribution in [0.4, 0.5) is 0 Å². The highest BCUT2D eigenvalue weighted by molar-refractivity contribution is 5.66. The smallest absolute Gasteiger partial charge is 0.303 e. The minimum absolute atomic E-state index is 0.329. The molecule has 0 saturated heterocycles. The number of rotatable bonds is 16. The van der Waals surface area contributed by atoms with E-state index in [4.69, 9.17) is 5.11 Å². The van der Waals surface area contributed by atoms with Crippen molar-refractivity contribution >= 4 is 5.97 Å². The van der Waals surface area contributed by atoms with Crippen LogP contribution in [0.1, 0.15) is 112 Å². The maximum atomic E-state index is 10.5. The zero-order valence-corrected chi connectivity index (χ0v) is 17.2. The molecule has 1 N–H and O–H groups in total. The van der Waals surface area contributed by atoms with Gasteiger partial charge in [0.2, 0.25) is 0 Å². The quantitative estimate of drug-likeness (QED) is 0.299. The van der Waals surface area contributed by atoms with Gasteiger partial charge in [-0.2, -0.15) is 0 Å². The summed E-state index contributed by atoms with van der Waals surface area (Å²) in [6, 6.07) is 0. The van der Waals surface area contributed by atoms with Crippen LogP contribution in [-0.2, 0) is 4.79 Å².